The molecule has 0 amide bonds. The van der Waals surface area contributed by atoms with E-state index >= 15 is 0 Å². The SMILES string of the molecule is Oc1cccc(Cc2nc(C3CCCC3)no2)c1. The average Bonchev–Trinajstić information content (AvgIpc) is 2.98. The van der Waals surface area contributed by atoms with Gasteiger partial charge in [0, 0.05) is 5.92 Å². The first-order chi connectivity index (χ1) is 8.81. The van der Waals surface area contributed by atoms with Crippen LogP contribution in [0.1, 0.15) is 48.9 Å². The topological polar surface area (TPSA) is 59.2 Å². The van der Waals surface area contributed by atoms with Gasteiger partial charge in [0.2, 0.25) is 5.89 Å². The maximum absolute atomic E-state index is 9.40. The first-order valence-corrected chi connectivity index (χ1v) is 6.41. The number of hydrogen-bond acceptors (Lipinski definition) is 4. The molecule has 3 rings (SSSR count). The molecule has 1 saturated carbocycles. The van der Waals surface area contributed by atoms with E-state index < -0.39 is 0 Å². The molecule has 4 nitrogen and oxygen atoms in total. The largest absolute Gasteiger partial charge is 0.508 e. The van der Waals surface area contributed by atoms with Gasteiger partial charge in [0.1, 0.15) is 5.75 Å². The first-order valence-electron chi connectivity index (χ1n) is 6.41. The molecule has 1 aliphatic carbocycles. The van der Waals surface area contributed by atoms with Crippen LogP contribution in [0.15, 0.2) is 28.8 Å². The Balaban J connectivity index is 1.73. The third kappa shape index (κ3) is 2.37. The van der Waals surface area contributed by atoms with Crippen molar-refractivity contribution < 1.29 is 9.63 Å². The third-order valence-corrected chi connectivity index (χ3v) is 3.47. The van der Waals surface area contributed by atoms with Gasteiger partial charge in [-0.1, -0.05) is 30.1 Å². The highest BCUT2D eigenvalue weighted by atomic mass is 16.5. The van der Waals surface area contributed by atoms with E-state index in [9.17, 15) is 5.11 Å². The van der Waals surface area contributed by atoms with E-state index in [1.165, 1.54) is 25.7 Å². The van der Waals surface area contributed by atoms with E-state index in [1.807, 2.05) is 12.1 Å². The van der Waals surface area contributed by atoms with Gasteiger partial charge >= 0.3 is 0 Å². The molecule has 1 heterocycles. The summed E-state index contributed by atoms with van der Waals surface area (Å²) in [6.07, 6.45) is 5.45. The molecule has 4 heteroatoms. The van der Waals surface area contributed by atoms with E-state index in [4.69, 9.17) is 4.52 Å². The summed E-state index contributed by atoms with van der Waals surface area (Å²) in [5.41, 5.74) is 0.983. The minimum Gasteiger partial charge on any atom is -0.508 e. The fraction of sp³-hybridized carbons (Fsp3) is 0.429. The minimum atomic E-state index is 0.267. The van der Waals surface area contributed by atoms with Gasteiger partial charge < -0.3 is 9.63 Å². The van der Waals surface area contributed by atoms with Gasteiger partial charge in [0.25, 0.3) is 0 Å². The van der Waals surface area contributed by atoms with Crippen LogP contribution < -0.4 is 0 Å². The van der Waals surface area contributed by atoms with Gasteiger partial charge in [-0.05, 0) is 30.5 Å². The number of rotatable bonds is 3. The van der Waals surface area contributed by atoms with E-state index in [-0.39, 0.29) is 5.75 Å². The summed E-state index contributed by atoms with van der Waals surface area (Å²) in [7, 11) is 0. The van der Waals surface area contributed by atoms with Gasteiger partial charge in [-0.25, -0.2) is 0 Å². The zero-order chi connectivity index (χ0) is 12.4. The number of aromatic nitrogens is 2. The molecule has 1 aromatic heterocycles. The van der Waals surface area contributed by atoms with Crippen molar-refractivity contribution in [3.8, 4) is 5.75 Å². The fourth-order valence-corrected chi connectivity index (χ4v) is 2.53. The molecule has 94 valence electrons. The van der Waals surface area contributed by atoms with Crippen molar-refractivity contribution in [1.82, 2.24) is 10.1 Å². The van der Waals surface area contributed by atoms with Crippen molar-refractivity contribution >= 4 is 0 Å². The molecule has 1 aromatic carbocycles. The molecule has 1 aliphatic rings. The summed E-state index contributed by atoms with van der Waals surface area (Å²) in [6.45, 7) is 0. The molecule has 0 saturated heterocycles. The Morgan fingerprint density at radius 1 is 1.28 bits per heavy atom. The van der Waals surface area contributed by atoms with Crippen molar-refractivity contribution in [2.24, 2.45) is 0 Å². The van der Waals surface area contributed by atoms with Crippen LogP contribution in [0.5, 0.6) is 5.75 Å². The molecule has 1 fully saturated rings. The summed E-state index contributed by atoms with van der Waals surface area (Å²) in [5, 5.41) is 13.5. The number of nitrogens with zero attached hydrogens (tertiary/aromatic N) is 2. The summed E-state index contributed by atoms with van der Waals surface area (Å²) in [6, 6.07) is 7.14. The van der Waals surface area contributed by atoms with Gasteiger partial charge in [-0.2, -0.15) is 4.98 Å². The lowest BCUT2D eigenvalue weighted by atomic mass is 10.1. The van der Waals surface area contributed by atoms with Crippen molar-refractivity contribution in [3.05, 3.63) is 41.5 Å². The molecule has 1 N–H and O–H groups in total. The predicted octanol–water partition coefficient (Wildman–Crippen LogP) is 3.02. The smallest absolute Gasteiger partial charge is 0.231 e. The maximum Gasteiger partial charge on any atom is 0.231 e. The summed E-state index contributed by atoms with van der Waals surface area (Å²) < 4.78 is 5.28. The second kappa shape index (κ2) is 4.80. The van der Waals surface area contributed by atoms with Crippen LogP contribution in [0.25, 0.3) is 0 Å². The van der Waals surface area contributed by atoms with Crippen molar-refractivity contribution in [1.29, 1.82) is 0 Å². The predicted molar refractivity (Wildman–Crippen MR) is 66.4 cm³/mol. The van der Waals surface area contributed by atoms with E-state index in [2.05, 4.69) is 10.1 Å². The quantitative estimate of drug-likeness (QED) is 0.901. The van der Waals surface area contributed by atoms with E-state index in [0.717, 1.165) is 11.4 Å². The summed E-state index contributed by atoms with van der Waals surface area (Å²) in [5.74, 6) is 2.22. The molecule has 0 unspecified atom stereocenters. The molecule has 18 heavy (non-hydrogen) atoms. The Morgan fingerprint density at radius 3 is 2.89 bits per heavy atom. The number of hydrogen-bond donors (Lipinski definition) is 1. The Kier molecular flexibility index (Phi) is 3.00. The van der Waals surface area contributed by atoms with Crippen LogP contribution in [0.2, 0.25) is 0 Å². The summed E-state index contributed by atoms with van der Waals surface area (Å²) >= 11 is 0. The second-order valence-electron chi connectivity index (χ2n) is 4.87. The van der Waals surface area contributed by atoms with Gasteiger partial charge in [0.05, 0.1) is 6.42 Å². The highest BCUT2D eigenvalue weighted by molar-refractivity contribution is 5.28. The Morgan fingerprint density at radius 2 is 2.11 bits per heavy atom. The zero-order valence-corrected chi connectivity index (χ0v) is 10.2. The van der Waals surface area contributed by atoms with Crippen LogP contribution in [-0.2, 0) is 6.42 Å². The number of benzene rings is 1. The Hall–Kier alpha value is -1.84. The van der Waals surface area contributed by atoms with Crippen molar-refractivity contribution in [3.63, 3.8) is 0 Å². The van der Waals surface area contributed by atoms with Crippen LogP contribution in [0, 0.1) is 0 Å². The third-order valence-electron chi connectivity index (χ3n) is 3.47. The Bertz CT molecular complexity index is 530. The molecule has 0 bridgehead atoms. The summed E-state index contributed by atoms with van der Waals surface area (Å²) in [4.78, 5) is 4.46. The van der Waals surface area contributed by atoms with Crippen LogP contribution in [0.3, 0.4) is 0 Å². The van der Waals surface area contributed by atoms with Gasteiger partial charge in [-0.3, -0.25) is 0 Å². The van der Waals surface area contributed by atoms with Crippen LogP contribution in [0.4, 0.5) is 0 Å². The highest BCUT2D eigenvalue weighted by Crippen LogP contribution is 2.32. The fourth-order valence-electron chi connectivity index (χ4n) is 2.53. The van der Waals surface area contributed by atoms with Crippen molar-refractivity contribution in [2.45, 2.75) is 38.0 Å². The molecular formula is C14H16N2O2. The molecule has 0 aliphatic heterocycles. The van der Waals surface area contributed by atoms with Crippen LogP contribution in [-0.4, -0.2) is 15.2 Å². The van der Waals surface area contributed by atoms with E-state index in [1.54, 1.807) is 12.1 Å². The molecule has 0 spiro atoms. The normalized spacial score (nSPS) is 16.2. The monoisotopic (exact) mass is 244 g/mol. The standard InChI is InChI=1S/C14H16N2O2/c17-12-7-3-4-10(8-12)9-13-15-14(16-18-13)11-5-1-2-6-11/h3-4,7-8,11,17H,1-2,5-6,9H2. The number of phenolic OH excluding ortho intramolecular Hbond substituents is 1. The lowest BCUT2D eigenvalue weighted by Crippen LogP contribution is -1.95. The molecule has 2 aromatic rings. The lowest BCUT2D eigenvalue weighted by molar-refractivity contribution is 0.375. The lowest BCUT2D eigenvalue weighted by Gasteiger charge is -1.99. The average molecular weight is 244 g/mol. The van der Waals surface area contributed by atoms with Crippen LogP contribution >= 0.6 is 0 Å². The number of phenols is 1. The van der Waals surface area contributed by atoms with Crippen molar-refractivity contribution in [2.75, 3.05) is 0 Å². The second-order valence-corrected chi connectivity index (χ2v) is 4.87. The molecule has 0 atom stereocenters. The Labute approximate surface area is 106 Å². The number of aromatic hydroxyl groups is 1. The van der Waals surface area contributed by atoms with E-state index in [0.29, 0.717) is 18.2 Å². The van der Waals surface area contributed by atoms with Gasteiger partial charge in [0.15, 0.2) is 5.82 Å². The molecule has 0 radical (unpaired) electrons. The maximum atomic E-state index is 9.40. The first kappa shape index (κ1) is 11.3. The minimum absolute atomic E-state index is 0.267. The zero-order valence-electron chi connectivity index (χ0n) is 10.2. The highest BCUT2D eigenvalue weighted by Gasteiger charge is 2.22. The van der Waals surface area contributed by atoms with Gasteiger partial charge in [-0.15, -0.1) is 0 Å². The molecular weight excluding hydrogens is 228 g/mol.